The molecule has 0 spiro atoms. The van der Waals surface area contributed by atoms with Gasteiger partial charge < -0.3 is 4.98 Å². The number of nitrogens with one attached hydrogen (secondary N) is 1. The van der Waals surface area contributed by atoms with Crippen LogP contribution in [-0.2, 0) is 0 Å². The largest absolute Gasteiger partial charge is 0.338 e. The topological polar surface area (TPSA) is 28.7 Å². The molecule has 0 radical (unpaired) electrons. The SMILES string of the molecule is CSc1cccc(-c2cnc(-c3ccccc3)[nH]2)c1. The van der Waals surface area contributed by atoms with Crippen molar-refractivity contribution in [1.29, 1.82) is 0 Å². The molecule has 0 aliphatic heterocycles. The van der Waals surface area contributed by atoms with E-state index >= 15 is 0 Å². The molecule has 2 nitrogen and oxygen atoms in total. The summed E-state index contributed by atoms with van der Waals surface area (Å²) in [7, 11) is 0. The maximum Gasteiger partial charge on any atom is 0.137 e. The van der Waals surface area contributed by atoms with Crippen molar-refractivity contribution in [3.8, 4) is 22.6 Å². The van der Waals surface area contributed by atoms with Crippen LogP contribution in [0, 0.1) is 0 Å². The highest BCUT2D eigenvalue weighted by Gasteiger charge is 2.05. The van der Waals surface area contributed by atoms with E-state index in [0.29, 0.717) is 0 Å². The highest BCUT2D eigenvalue weighted by molar-refractivity contribution is 7.98. The zero-order valence-electron chi connectivity index (χ0n) is 10.6. The molecule has 0 bridgehead atoms. The second-order valence-corrected chi connectivity index (χ2v) is 5.12. The zero-order chi connectivity index (χ0) is 13.1. The average Bonchev–Trinajstić information content (AvgIpc) is 2.98. The Hall–Kier alpha value is -2.00. The lowest BCUT2D eigenvalue weighted by molar-refractivity contribution is 1.31. The molecule has 1 aromatic heterocycles. The summed E-state index contributed by atoms with van der Waals surface area (Å²) < 4.78 is 0. The van der Waals surface area contributed by atoms with Gasteiger partial charge in [-0.2, -0.15) is 0 Å². The highest BCUT2D eigenvalue weighted by Crippen LogP contribution is 2.25. The van der Waals surface area contributed by atoms with Crippen LogP contribution in [0.4, 0.5) is 0 Å². The predicted molar refractivity (Wildman–Crippen MR) is 81.2 cm³/mol. The first kappa shape index (κ1) is 12.1. The third-order valence-electron chi connectivity index (χ3n) is 3.00. The molecule has 0 fully saturated rings. The van der Waals surface area contributed by atoms with Crippen LogP contribution < -0.4 is 0 Å². The number of hydrogen-bond donors (Lipinski definition) is 1. The first-order valence-corrected chi connectivity index (χ1v) is 7.34. The first-order chi connectivity index (χ1) is 9.36. The number of benzene rings is 2. The van der Waals surface area contributed by atoms with Gasteiger partial charge in [-0.1, -0.05) is 42.5 Å². The molecule has 1 N–H and O–H groups in total. The molecule has 94 valence electrons. The smallest absolute Gasteiger partial charge is 0.137 e. The van der Waals surface area contributed by atoms with E-state index in [4.69, 9.17) is 0 Å². The number of imidazole rings is 1. The number of nitrogens with zero attached hydrogens (tertiary/aromatic N) is 1. The molecule has 0 unspecified atom stereocenters. The normalized spacial score (nSPS) is 10.6. The minimum atomic E-state index is 0.908. The van der Waals surface area contributed by atoms with Gasteiger partial charge in [-0.15, -0.1) is 11.8 Å². The number of hydrogen-bond acceptors (Lipinski definition) is 2. The molecule has 0 saturated carbocycles. The van der Waals surface area contributed by atoms with Crippen LogP contribution in [0.2, 0.25) is 0 Å². The van der Waals surface area contributed by atoms with E-state index in [1.165, 1.54) is 10.5 Å². The summed E-state index contributed by atoms with van der Waals surface area (Å²) in [5, 5.41) is 0. The molecule has 3 aromatic rings. The van der Waals surface area contributed by atoms with Crippen LogP contribution >= 0.6 is 11.8 Å². The maximum atomic E-state index is 4.46. The first-order valence-electron chi connectivity index (χ1n) is 6.11. The number of thioether (sulfide) groups is 1. The van der Waals surface area contributed by atoms with Crippen LogP contribution in [0.5, 0.6) is 0 Å². The Morgan fingerprint density at radius 1 is 0.947 bits per heavy atom. The zero-order valence-corrected chi connectivity index (χ0v) is 11.4. The summed E-state index contributed by atoms with van der Waals surface area (Å²) in [6, 6.07) is 18.6. The van der Waals surface area contributed by atoms with Crippen LogP contribution in [0.3, 0.4) is 0 Å². The Bertz CT molecular complexity index is 674. The monoisotopic (exact) mass is 266 g/mol. The van der Waals surface area contributed by atoms with E-state index in [9.17, 15) is 0 Å². The van der Waals surface area contributed by atoms with E-state index in [1.807, 2.05) is 24.4 Å². The van der Waals surface area contributed by atoms with Gasteiger partial charge in [0, 0.05) is 16.0 Å². The molecule has 1 heterocycles. The molecular formula is C16H14N2S. The minimum absolute atomic E-state index is 0.908. The Labute approximate surface area is 116 Å². The van der Waals surface area contributed by atoms with Crippen molar-refractivity contribution in [3.05, 3.63) is 60.8 Å². The van der Waals surface area contributed by atoms with E-state index in [1.54, 1.807) is 11.8 Å². The molecule has 0 aliphatic carbocycles. The van der Waals surface area contributed by atoms with Crippen molar-refractivity contribution < 1.29 is 0 Å². The number of aromatic nitrogens is 2. The molecule has 3 heteroatoms. The Balaban J connectivity index is 1.97. The summed E-state index contributed by atoms with van der Waals surface area (Å²) in [5.41, 5.74) is 3.33. The fourth-order valence-electron chi connectivity index (χ4n) is 2.00. The predicted octanol–water partition coefficient (Wildman–Crippen LogP) is 4.47. The number of aromatic amines is 1. The van der Waals surface area contributed by atoms with Gasteiger partial charge in [0.1, 0.15) is 5.82 Å². The summed E-state index contributed by atoms with van der Waals surface area (Å²) in [5.74, 6) is 0.908. The molecule has 2 aromatic carbocycles. The minimum Gasteiger partial charge on any atom is -0.338 e. The van der Waals surface area contributed by atoms with Crippen LogP contribution in [0.15, 0.2) is 65.7 Å². The summed E-state index contributed by atoms with van der Waals surface area (Å²) in [6.07, 6.45) is 3.98. The van der Waals surface area contributed by atoms with Crippen molar-refractivity contribution >= 4 is 11.8 Å². The molecule has 0 atom stereocenters. The van der Waals surface area contributed by atoms with E-state index in [0.717, 1.165) is 17.1 Å². The van der Waals surface area contributed by atoms with Gasteiger partial charge in [-0.05, 0) is 18.4 Å². The van der Waals surface area contributed by atoms with Gasteiger partial charge in [0.15, 0.2) is 0 Å². The van der Waals surface area contributed by atoms with Crippen LogP contribution in [0.1, 0.15) is 0 Å². The Kier molecular flexibility index (Phi) is 3.38. The third-order valence-corrected chi connectivity index (χ3v) is 3.73. The Morgan fingerprint density at radius 2 is 1.74 bits per heavy atom. The molecule has 0 amide bonds. The lowest BCUT2D eigenvalue weighted by Gasteiger charge is -2.00. The average molecular weight is 266 g/mol. The quantitative estimate of drug-likeness (QED) is 0.709. The van der Waals surface area contributed by atoms with Crippen LogP contribution in [-0.4, -0.2) is 16.2 Å². The van der Waals surface area contributed by atoms with Gasteiger partial charge in [-0.3, -0.25) is 0 Å². The van der Waals surface area contributed by atoms with Crippen molar-refractivity contribution in [2.24, 2.45) is 0 Å². The van der Waals surface area contributed by atoms with Crippen LogP contribution in [0.25, 0.3) is 22.6 Å². The molecule has 19 heavy (non-hydrogen) atoms. The second kappa shape index (κ2) is 5.33. The summed E-state index contributed by atoms with van der Waals surface area (Å²) in [4.78, 5) is 9.09. The molecule has 0 aliphatic rings. The maximum absolute atomic E-state index is 4.46. The van der Waals surface area contributed by atoms with Gasteiger partial charge in [0.25, 0.3) is 0 Å². The van der Waals surface area contributed by atoms with Crippen molar-refractivity contribution in [2.45, 2.75) is 4.90 Å². The Morgan fingerprint density at radius 3 is 2.53 bits per heavy atom. The van der Waals surface area contributed by atoms with E-state index < -0.39 is 0 Å². The number of rotatable bonds is 3. The second-order valence-electron chi connectivity index (χ2n) is 4.24. The van der Waals surface area contributed by atoms with E-state index in [2.05, 4.69) is 52.6 Å². The fraction of sp³-hybridized carbons (Fsp3) is 0.0625. The van der Waals surface area contributed by atoms with Crippen molar-refractivity contribution in [2.75, 3.05) is 6.26 Å². The standard InChI is InChI=1S/C16H14N2S/c1-19-14-9-5-8-13(10-14)15-11-17-16(18-15)12-6-3-2-4-7-12/h2-11H,1H3,(H,17,18). The molecule has 3 rings (SSSR count). The number of H-pyrrole nitrogens is 1. The van der Waals surface area contributed by atoms with Crippen molar-refractivity contribution in [1.82, 2.24) is 9.97 Å². The third kappa shape index (κ3) is 2.56. The molecule has 0 saturated heterocycles. The highest BCUT2D eigenvalue weighted by atomic mass is 32.2. The van der Waals surface area contributed by atoms with Gasteiger partial charge >= 0.3 is 0 Å². The summed E-state index contributed by atoms with van der Waals surface area (Å²) >= 11 is 1.75. The molecular weight excluding hydrogens is 252 g/mol. The van der Waals surface area contributed by atoms with Gasteiger partial charge in [-0.25, -0.2) is 4.98 Å². The summed E-state index contributed by atoms with van der Waals surface area (Å²) in [6.45, 7) is 0. The van der Waals surface area contributed by atoms with E-state index in [-0.39, 0.29) is 0 Å². The van der Waals surface area contributed by atoms with Gasteiger partial charge in [0.2, 0.25) is 0 Å². The van der Waals surface area contributed by atoms with Gasteiger partial charge in [0.05, 0.1) is 11.9 Å². The van der Waals surface area contributed by atoms with Crippen molar-refractivity contribution in [3.63, 3.8) is 0 Å². The lowest BCUT2D eigenvalue weighted by atomic mass is 10.2. The lowest BCUT2D eigenvalue weighted by Crippen LogP contribution is -1.81. The fourth-order valence-corrected chi connectivity index (χ4v) is 2.46.